The second-order valence-corrected chi connectivity index (χ2v) is 1.87. The summed E-state index contributed by atoms with van der Waals surface area (Å²) >= 11 is 0. The summed E-state index contributed by atoms with van der Waals surface area (Å²) in [5.41, 5.74) is 0. The van der Waals surface area contributed by atoms with E-state index in [2.05, 4.69) is 0 Å². The van der Waals surface area contributed by atoms with Crippen LogP contribution in [0.4, 0.5) is 4.39 Å². The zero-order chi connectivity index (χ0) is 6.85. The molecule has 0 aromatic carbocycles. The molecule has 50 valence electrons. The van der Waals surface area contributed by atoms with Crippen molar-refractivity contribution in [2.75, 3.05) is 0 Å². The fourth-order valence-corrected chi connectivity index (χ4v) is 0.628. The first-order chi connectivity index (χ1) is 4.22. The second kappa shape index (κ2) is 2.29. The van der Waals surface area contributed by atoms with Gasteiger partial charge in [-0.3, -0.25) is 0 Å². The van der Waals surface area contributed by atoms with Crippen LogP contribution in [0.5, 0.6) is 0 Å². The van der Waals surface area contributed by atoms with E-state index in [4.69, 9.17) is 10.2 Å². The summed E-state index contributed by atoms with van der Waals surface area (Å²) in [4.78, 5) is 0. The Labute approximate surface area is 51.9 Å². The second-order valence-electron chi connectivity index (χ2n) is 1.87. The number of halogens is 1. The molecule has 1 rings (SSSR count). The van der Waals surface area contributed by atoms with Crippen molar-refractivity contribution in [3.05, 3.63) is 24.1 Å². The number of allylic oxidation sites excluding steroid dienone is 2. The van der Waals surface area contributed by atoms with Gasteiger partial charge in [0.1, 0.15) is 18.0 Å². The van der Waals surface area contributed by atoms with E-state index >= 15 is 0 Å². The van der Waals surface area contributed by atoms with Crippen LogP contribution in [0.3, 0.4) is 0 Å². The molecule has 0 saturated carbocycles. The Bertz CT molecular complexity index is 162. The largest absolute Gasteiger partial charge is 0.386 e. The average molecular weight is 130 g/mol. The van der Waals surface area contributed by atoms with E-state index in [1.165, 1.54) is 12.2 Å². The lowest BCUT2D eigenvalue weighted by atomic mass is 10.1. The van der Waals surface area contributed by atoms with Gasteiger partial charge in [0.15, 0.2) is 0 Å². The van der Waals surface area contributed by atoms with Crippen LogP contribution in [0, 0.1) is 0 Å². The minimum absolute atomic E-state index is 0.690. The van der Waals surface area contributed by atoms with Crippen LogP contribution >= 0.6 is 0 Å². The molecule has 0 aliphatic heterocycles. The first-order valence-corrected chi connectivity index (χ1v) is 2.62. The van der Waals surface area contributed by atoms with Crippen LogP contribution < -0.4 is 0 Å². The molecule has 3 heteroatoms. The molecule has 0 radical (unpaired) electrons. The lowest BCUT2D eigenvalue weighted by Crippen LogP contribution is -2.25. The molecule has 2 nitrogen and oxygen atoms in total. The molecule has 0 saturated heterocycles. The van der Waals surface area contributed by atoms with Gasteiger partial charge in [-0.1, -0.05) is 12.2 Å². The van der Waals surface area contributed by atoms with Gasteiger partial charge in [-0.2, -0.15) is 0 Å². The number of rotatable bonds is 0. The van der Waals surface area contributed by atoms with Crippen LogP contribution in [0.2, 0.25) is 0 Å². The monoisotopic (exact) mass is 130 g/mol. The molecule has 0 spiro atoms. The van der Waals surface area contributed by atoms with Crippen LogP contribution in [0.25, 0.3) is 0 Å². The molecule has 0 amide bonds. The van der Waals surface area contributed by atoms with E-state index in [1.54, 1.807) is 0 Å². The smallest absolute Gasteiger partial charge is 0.135 e. The Morgan fingerprint density at radius 3 is 2.56 bits per heavy atom. The lowest BCUT2D eigenvalue weighted by Gasteiger charge is -2.14. The van der Waals surface area contributed by atoms with Gasteiger partial charge in [0, 0.05) is 0 Å². The summed E-state index contributed by atoms with van der Waals surface area (Å²) in [6, 6.07) is 0. The van der Waals surface area contributed by atoms with E-state index in [9.17, 15) is 4.39 Å². The van der Waals surface area contributed by atoms with Gasteiger partial charge in [-0.25, -0.2) is 4.39 Å². The maximum absolute atomic E-state index is 12.2. The van der Waals surface area contributed by atoms with Gasteiger partial charge in [0.25, 0.3) is 0 Å². The molecule has 0 aromatic rings. The highest BCUT2D eigenvalue weighted by atomic mass is 19.1. The van der Waals surface area contributed by atoms with Crippen molar-refractivity contribution in [2.24, 2.45) is 0 Å². The molecule has 1 aliphatic carbocycles. The molecule has 9 heavy (non-hydrogen) atoms. The first kappa shape index (κ1) is 6.45. The molecular formula is C6H7FO2. The lowest BCUT2D eigenvalue weighted by molar-refractivity contribution is 0.0567. The normalized spacial score (nSPS) is 34.3. The molecule has 2 atom stereocenters. The minimum atomic E-state index is -1.37. The van der Waals surface area contributed by atoms with Gasteiger partial charge in [-0.15, -0.1) is 0 Å². The first-order valence-electron chi connectivity index (χ1n) is 2.62. The standard InChI is InChI=1S/C6H7FO2/c7-4-2-1-3-5(8)6(4)9/h1-3,5-6,8-9H/t5-,6+/m0/s1. The maximum Gasteiger partial charge on any atom is 0.135 e. The summed E-state index contributed by atoms with van der Waals surface area (Å²) in [7, 11) is 0. The quantitative estimate of drug-likeness (QED) is 0.489. The Kier molecular flexibility index (Phi) is 1.64. The molecule has 2 N–H and O–H groups in total. The molecule has 0 heterocycles. The zero-order valence-corrected chi connectivity index (χ0v) is 4.66. The highest BCUT2D eigenvalue weighted by Gasteiger charge is 2.19. The summed E-state index contributed by atoms with van der Waals surface area (Å²) in [6.45, 7) is 0. The molecule has 0 unspecified atom stereocenters. The summed E-state index contributed by atoms with van der Waals surface area (Å²) in [5, 5.41) is 17.4. The number of aliphatic hydroxyl groups excluding tert-OH is 2. The van der Waals surface area contributed by atoms with E-state index in [-0.39, 0.29) is 0 Å². The van der Waals surface area contributed by atoms with Crippen LogP contribution in [0.1, 0.15) is 0 Å². The van der Waals surface area contributed by atoms with E-state index in [0.717, 1.165) is 6.08 Å². The maximum atomic E-state index is 12.2. The van der Waals surface area contributed by atoms with E-state index in [0.29, 0.717) is 0 Å². The van der Waals surface area contributed by atoms with Crippen molar-refractivity contribution < 1.29 is 14.6 Å². The van der Waals surface area contributed by atoms with Gasteiger partial charge in [0.2, 0.25) is 0 Å². The van der Waals surface area contributed by atoms with Crippen molar-refractivity contribution in [1.82, 2.24) is 0 Å². The summed E-state index contributed by atoms with van der Waals surface area (Å²) < 4.78 is 12.2. The summed E-state index contributed by atoms with van der Waals surface area (Å²) in [6.07, 6.45) is 1.36. The van der Waals surface area contributed by atoms with Crippen molar-refractivity contribution in [1.29, 1.82) is 0 Å². The third kappa shape index (κ3) is 1.17. The van der Waals surface area contributed by atoms with Crippen molar-refractivity contribution in [2.45, 2.75) is 12.2 Å². The predicted molar refractivity (Wildman–Crippen MR) is 30.3 cm³/mol. The molecular weight excluding hydrogens is 123 g/mol. The van der Waals surface area contributed by atoms with Gasteiger partial charge in [0.05, 0.1) is 0 Å². The Morgan fingerprint density at radius 1 is 1.44 bits per heavy atom. The Balaban J connectivity index is 2.73. The highest BCUT2D eigenvalue weighted by Crippen LogP contribution is 2.13. The Hall–Kier alpha value is -0.670. The fourth-order valence-electron chi connectivity index (χ4n) is 0.628. The van der Waals surface area contributed by atoms with Crippen molar-refractivity contribution >= 4 is 0 Å². The van der Waals surface area contributed by atoms with Gasteiger partial charge in [-0.05, 0) is 6.08 Å². The van der Waals surface area contributed by atoms with Crippen LogP contribution in [-0.2, 0) is 0 Å². The van der Waals surface area contributed by atoms with Crippen molar-refractivity contribution in [3.63, 3.8) is 0 Å². The molecule has 1 aliphatic rings. The molecule has 0 fully saturated rings. The highest BCUT2D eigenvalue weighted by molar-refractivity contribution is 5.20. The minimum Gasteiger partial charge on any atom is -0.386 e. The average Bonchev–Trinajstić information content (AvgIpc) is 1.83. The third-order valence-corrected chi connectivity index (χ3v) is 1.17. The fraction of sp³-hybridized carbons (Fsp3) is 0.333. The SMILES string of the molecule is O[C@@H]1C(F)=CC=C[C@@H]1O. The Morgan fingerprint density at radius 2 is 2.11 bits per heavy atom. The van der Waals surface area contributed by atoms with Crippen LogP contribution in [0.15, 0.2) is 24.1 Å². The van der Waals surface area contributed by atoms with Gasteiger partial charge < -0.3 is 10.2 Å². The number of hydrogen-bond donors (Lipinski definition) is 2. The van der Waals surface area contributed by atoms with Crippen LogP contribution in [-0.4, -0.2) is 22.4 Å². The van der Waals surface area contributed by atoms with Crippen molar-refractivity contribution in [3.8, 4) is 0 Å². The number of aliphatic hydroxyl groups is 2. The topological polar surface area (TPSA) is 40.5 Å². The predicted octanol–water partition coefficient (Wildman–Crippen LogP) is 0.131. The third-order valence-electron chi connectivity index (χ3n) is 1.17. The zero-order valence-electron chi connectivity index (χ0n) is 4.66. The van der Waals surface area contributed by atoms with Gasteiger partial charge >= 0.3 is 0 Å². The number of hydrogen-bond acceptors (Lipinski definition) is 2. The molecule has 0 aromatic heterocycles. The van der Waals surface area contributed by atoms with E-state index in [1.807, 2.05) is 0 Å². The summed E-state index contributed by atoms with van der Waals surface area (Å²) in [5.74, 6) is -0.690. The molecule has 0 bridgehead atoms. The van der Waals surface area contributed by atoms with E-state index < -0.39 is 18.0 Å².